The first-order chi connectivity index (χ1) is 9.65. The number of unbranched alkanes of at least 4 members (excludes halogenated alkanes) is 3. The van der Waals surface area contributed by atoms with Gasteiger partial charge in [-0.1, -0.05) is 44.4 Å². The predicted molar refractivity (Wildman–Crippen MR) is 77.9 cm³/mol. The smallest absolute Gasteiger partial charge is 0.336 e. The van der Waals surface area contributed by atoms with Gasteiger partial charge in [0.15, 0.2) is 0 Å². The van der Waals surface area contributed by atoms with Gasteiger partial charge in [-0.15, -0.1) is 0 Å². The second-order valence-electron chi connectivity index (χ2n) is 4.50. The number of benzene rings is 1. The fourth-order valence-corrected chi connectivity index (χ4v) is 1.75. The van der Waals surface area contributed by atoms with Crippen molar-refractivity contribution in [2.75, 3.05) is 0 Å². The first-order valence-electron chi connectivity index (χ1n) is 6.79. The number of hydrogen-bond acceptors (Lipinski definition) is 3. The number of nitrogens with one attached hydrogen (secondary N) is 1. The Kier molecular flexibility index (Phi) is 7.03. The number of hydrazone groups is 1. The van der Waals surface area contributed by atoms with Crippen LogP contribution >= 0.6 is 0 Å². The normalized spacial score (nSPS) is 10.7. The van der Waals surface area contributed by atoms with E-state index >= 15 is 0 Å². The fraction of sp³-hybridized carbons (Fsp3) is 0.400. The number of carboxylic acid groups (broad SMARTS) is 1. The van der Waals surface area contributed by atoms with Crippen LogP contribution in [0, 0.1) is 0 Å². The molecule has 0 saturated carbocycles. The van der Waals surface area contributed by atoms with Crippen LogP contribution in [0.1, 0.15) is 54.9 Å². The Hall–Kier alpha value is -2.17. The summed E-state index contributed by atoms with van der Waals surface area (Å²) in [5, 5.41) is 12.8. The third-order valence-corrected chi connectivity index (χ3v) is 2.84. The highest BCUT2D eigenvalue weighted by Crippen LogP contribution is 2.06. The van der Waals surface area contributed by atoms with Crippen molar-refractivity contribution in [2.24, 2.45) is 5.10 Å². The summed E-state index contributed by atoms with van der Waals surface area (Å²) in [7, 11) is 0. The van der Waals surface area contributed by atoms with Gasteiger partial charge in [-0.2, -0.15) is 5.10 Å². The van der Waals surface area contributed by atoms with Crippen molar-refractivity contribution in [3.05, 3.63) is 35.4 Å². The predicted octanol–water partition coefficient (Wildman–Crippen LogP) is 2.81. The highest BCUT2D eigenvalue weighted by molar-refractivity contribution is 5.98. The molecule has 0 fully saturated rings. The molecule has 0 unspecified atom stereocenters. The molecule has 0 heterocycles. The number of nitrogens with zero attached hydrogens (tertiary/aromatic N) is 1. The second-order valence-corrected chi connectivity index (χ2v) is 4.50. The quantitative estimate of drug-likeness (QED) is 0.435. The minimum Gasteiger partial charge on any atom is -0.478 e. The van der Waals surface area contributed by atoms with Crippen molar-refractivity contribution in [3.63, 3.8) is 0 Å². The topological polar surface area (TPSA) is 78.8 Å². The Labute approximate surface area is 118 Å². The van der Waals surface area contributed by atoms with Crippen LogP contribution in [-0.2, 0) is 4.79 Å². The molecular weight excluding hydrogens is 256 g/mol. The molecule has 0 aliphatic carbocycles. The summed E-state index contributed by atoms with van der Waals surface area (Å²) >= 11 is 0. The Morgan fingerprint density at radius 1 is 1.25 bits per heavy atom. The fourth-order valence-electron chi connectivity index (χ4n) is 1.75. The lowest BCUT2D eigenvalue weighted by atomic mass is 10.1. The molecule has 108 valence electrons. The van der Waals surface area contributed by atoms with E-state index in [1.165, 1.54) is 12.3 Å². The summed E-state index contributed by atoms with van der Waals surface area (Å²) in [5.74, 6) is -1.16. The number of rotatable bonds is 8. The third-order valence-electron chi connectivity index (χ3n) is 2.84. The Balaban J connectivity index is 2.45. The molecule has 0 radical (unpaired) electrons. The van der Waals surface area contributed by atoms with E-state index in [4.69, 9.17) is 5.11 Å². The van der Waals surface area contributed by atoms with E-state index < -0.39 is 5.97 Å². The minimum absolute atomic E-state index is 0.148. The third kappa shape index (κ3) is 5.65. The van der Waals surface area contributed by atoms with Gasteiger partial charge in [0.05, 0.1) is 11.8 Å². The molecule has 5 nitrogen and oxygen atoms in total. The van der Waals surface area contributed by atoms with E-state index in [0.29, 0.717) is 12.0 Å². The maximum absolute atomic E-state index is 11.5. The lowest BCUT2D eigenvalue weighted by Crippen LogP contribution is -2.17. The molecule has 0 aliphatic heterocycles. The SMILES string of the molecule is CCCCCCC(=O)N/N=C\c1ccccc1C(=O)O. The molecular formula is C15H20N2O3. The lowest BCUT2D eigenvalue weighted by molar-refractivity contribution is -0.121. The Morgan fingerprint density at radius 2 is 2.00 bits per heavy atom. The van der Waals surface area contributed by atoms with Crippen LogP contribution < -0.4 is 5.43 Å². The standard InChI is InChI=1S/C15H20N2O3/c1-2-3-4-5-10-14(18)17-16-11-12-8-6-7-9-13(12)15(19)20/h6-9,11H,2-5,10H2,1H3,(H,17,18)(H,19,20)/b16-11-. The number of carbonyl (C=O) groups is 2. The summed E-state index contributed by atoms with van der Waals surface area (Å²) in [6.45, 7) is 2.12. The van der Waals surface area contributed by atoms with E-state index in [9.17, 15) is 9.59 Å². The summed E-state index contributed by atoms with van der Waals surface area (Å²) < 4.78 is 0. The van der Waals surface area contributed by atoms with Gasteiger partial charge in [0.1, 0.15) is 0 Å². The van der Waals surface area contributed by atoms with Crippen molar-refractivity contribution < 1.29 is 14.7 Å². The van der Waals surface area contributed by atoms with Gasteiger partial charge in [0.25, 0.3) is 0 Å². The highest BCUT2D eigenvalue weighted by atomic mass is 16.4. The summed E-state index contributed by atoms with van der Waals surface area (Å²) in [4.78, 5) is 22.4. The first-order valence-corrected chi connectivity index (χ1v) is 6.79. The monoisotopic (exact) mass is 276 g/mol. The number of aromatic carboxylic acids is 1. The van der Waals surface area contributed by atoms with E-state index in [1.807, 2.05) is 0 Å². The van der Waals surface area contributed by atoms with Crippen molar-refractivity contribution in [1.29, 1.82) is 0 Å². The number of amides is 1. The van der Waals surface area contributed by atoms with Crippen LogP contribution in [0.15, 0.2) is 29.4 Å². The average Bonchev–Trinajstić information content (AvgIpc) is 2.44. The maximum atomic E-state index is 11.5. The highest BCUT2D eigenvalue weighted by Gasteiger charge is 2.06. The van der Waals surface area contributed by atoms with Crippen LogP contribution in [0.2, 0.25) is 0 Å². The van der Waals surface area contributed by atoms with Crippen molar-refractivity contribution >= 4 is 18.1 Å². The minimum atomic E-state index is -1.02. The molecule has 0 saturated heterocycles. The first kappa shape index (κ1) is 15.9. The van der Waals surface area contributed by atoms with Crippen LogP contribution in [0.4, 0.5) is 0 Å². The van der Waals surface area contributed by atoms with Crippen molar-refractivity contribution in [3.8, 4) is 0 Å². The number of carbonyl (C=O) groups excluding carboxylic acids is 1. The van der Waals surface area contributed by atoms with E-state index in [2.05, 4.69) is 17.5 Å². The van der Waals surface area contributed by atoms with Gasteiger partial charge in [-0.25, -0.2) is 10.2 Å². The van der Waals surface area contributed by atoms with E-state index in [0.717, 1.165) is 25.7 Å². The molecule has 2 N–H and O–H groups in total. The van der Waals surface area contributed by atoms with E-state index in [1.54, 1.807) is 18.2 Å². The molecule has 1 amide bonds. The Morgan fingerprint density at radius 3 is 2.70 bits per heavy atom. The molecule has 20 heavy (non-hydrogen) atoms. The van der Waals surface area contributed by atoms with Crippen LogP contribution in [-0.4, -0.2) is 23.2 Å². The van der Waals surface area contributed by atoms with Crippen LogP contribution in [0.3, 0.4) is 0 Å². The molecule has 0 bridgehead atoms. The lowest BCUT2D eigenvalue weighted by Gasteiger charge is -2.01. The van der Waals surface area contributed by atoms with E-state index in [-0.39, 0.29) is 11.5 Å². The van der Waals surface area contributed by atoms with Crippen LogP contribution in [0.5, 0.6) is 0 Å². The van der Waals surface area contributed by atoms with Gasteiger partial charge in [0, 0.05) is 12.0 Å². The molecule has 0 atom stereocenters. The van der Waals surface area contributed by atoms with Crippen molar-refractivity contribution in [2.45, 2.75) is 39.0 Å². The van der Waals surface area contributed by atoms with Gasteiger partial charge >= 0.3 is 5.97 Å². The van der Waals surface area contributed by atoms with Gasteiger partial charge in [-0.3, -0.25) is 4.79 Å². The Bertz CT molecular complexity index is 484. The largest absolute Gasteiger partial charge is 0.478 e. The van der Waals surface area contributed by atoms with Crippen LogP contribution in [0.25, 0.3) is 0 Å². The molecule has 5 heteroatoms. The summed E-state index contributed by atoms with van der Waals surface area (Å²) in [6, 6.07) is 6.50. The van der Waals surface area contributed by atoms with Gasteiger partial charge in [0.2, 0.25) is 5.91 Å². The zero-order valence-corrected chi connectivity index (χ0v) is 11.6. The summed E-state index contributed by atoms with van der Waals surface area (Å²) in [6.07, 6.45) is 5.94. The van der Waals surface area contributed by atoms with Gasteiger partial charge < -0.3 is 5.11 Å². The maximum Gasteiger partial charge on any atom is 0.336 e. The average molecular weight is 276 g/mol. The summed E-state index contributed by atoms with van der Waals surface area (Å²) in [5.41, 5.74) is 3.04. The number of hydrogen-bond donors (Lipinski definition) is 2. The molecule has 1 rings (SSSR count). The zero-order chi connectivity index (χ0) is 14.8. The molecule has 0 aliphatic rings. The molecule has 0 aromatic heterocycles. The zero-order valence-electron chi connectivity index (χ0n) is 11.6. The molecule has 1 aromatic rings. The number of carboxylic acids is 1. The molecule has 1 aromatic carbocycles. The molecule has 0 spiro atoms. The second kappa shape index (κ2) is 8.85. The van der Waals surface area contributed by atoms with Crippen molar-refractivity contribution in [1.82, 2.24) is 5.43 Å². The van der Waals surface area contributed by atoms with Gasteiger partial charge in [-0.05, 0) is 12.5 Å².